The molecule has 0 spiro atoms. The van der Waals surface area contributed by atoms with Gasteiger partial charge in [0.05, 0.1) is 11.7 Å². The normalized spacial score (nSPS) is 18.6. The van der Waals surface area contributed by atoms with Crippen LogP contribution in [0.4, 0.5) is 5.69 Å². The van der Waals surface area contributed by atoms with Crippen LogP contribution in [-0.4, -0.2) is 4.68 Å². The fourth-order valence-electron chi connectivity index (χ4n) is 2.01. The molecular formula is C13H13N3. The number of para-hydroxylation sites is 1. The molecule has 2 heterocycles. The van der Waals surface area contributed by atoms with E-state index < -0.39 is 0 Å². The molecule has 80 valence electrons. The summed E-state index contributed by atoms with van der Waals surface area (Å²) in [5, 5.41) is 2.08. The van der Waals surface area contributed by atoms with Gasteiger partial charge in [-0.25, -0.2) is 0 Å². The molecule has 1 aromatic carbocycles. The van der Waals surface area contributed by atoms with Crippen molar-refractivity contribution < 1.29 is 0 Å². The summed E-state index contributed by atoms with van der Waals surface area (Å²) in [6, 6.07) is 12.2. The fourth-order valence-corrected chi connectivity index (χ4v) is 2.01. The Hall–Kier alpha value is -2.00. The first-order chi connectivity index (χ1) is 7.86. The van der Waals surface area contributed by atoms with Crippen molar-refractivity contribution in [3.63, 3.8) is 0 Å². The van der Waals surface area contributed by atoms with Gasteiger partial charge < -0.3 is 5.73 Å². The summed E-state index contributed by atoms with van der Waals surface area (Å²) in [5.74, 6) is 0. The highest BCUT2D eigenvalue weighted by atomic mass is 15.5. The minimum absolute atomic E-state index is 0.0111. The third kappa shape index (κ3) is 1.33. The van der Waals surface area contributed by atoms with E-state index in [0.717, 1.165) is 11.3 Å². The Labute approximate surface area is 94.4 Å². The second-order valence-corrected chi connectivity index (χ2v) is 3.83. The van der Waals surface area contributed by atoms with Crippen molar-refractivity contribution in [2.75, 3.05) is 5.01 Å². The van der Waals surface area contributed by atoms with Gasteiger partial charge in [0.25, 0.3) is 0 Å². The number of aromatic nitrogens is 1. The first kappa shape index (κ1) is 9.24. The highest BCUT2D eigenvalue weighted by Gasteiger charge is 2.17. The van der Waals surface area contributed by atoms with E-state index in [2.05, 4.69) is 17.1 Å². The van der Waals surface area contributed by atoms with Crippen LogP contribution in [0.2, 0.25) is 0 Å². The van der Waals surface area contributed by atoms with E-state index in [9.17, 15) is 0 Å². The summed E-state index contributed by atoms with van der Waals surface area (Å²) in [4.78, 5) is 0. The van der Waals surface area contributed by atoms with E-state index in [1.807, 2.05) is 53.6 Å². The number of benzene rings is 1. The zero-order valence-corrected chi connectivity index (χ0v) is 8.82. The Morgan fingerprint density at radius 1 is 1.00 bits per heavy atom. The molecule has 0 radical (unpaired) electrons. The maximum absolute atomic E-state index is 6.04. The van der Waals surface area contributed by atoms with E-state index in [0.29, 0.717) is 0 Å². The van der Waals surface area contributed by atoms with Crippen LogP contribution in [0.1, 0.15) is 11.6 Å². The van der Waals surface area contributed by atoms with E-state index in [-0.39, 0.29) is 6.04 Å². The number of nitrogens with two attached hydrogens (primary N) is 1. The van der Waals surface area contributed by atoms with Gasteiger partial charge >= 0.3 is 0 Å². The topological polar surface area (TPSA) is 34.2 Å². The molecular weight excluding hydrogens is 198 g/mol. The molecule has 2 aromatic rings. The van der Waals surface area contributed by atoms with Gasteiger partial charge in [0.2, 0.25) is 0 Å². The standard InChI is InChI=1S/C13H13N3/c14-12-7-10-16(15-8-3-4-9-15)13-6-2-1-5-11(12)13/h1-10,12H,14H2. The van der Waals surface area contributed by atoms with Crippen LogP contribution in [0.25, 0.3) is 0 Å². The van der Waals surface area contributed by atoms with Crippen molar-refractivity contribution in [2.45, 2.75) is 6.04 Å². The molecule has 0 saturated carbocycles. The number of nitrogens with zero attached hydrogens (tertiary/aromatic N) is 2. The highest BCUT2D eigenvalue weighted by Crippen LogP contribution is 2.30. The molecule has 16 heavy (non-hydrogen) atoms. The van der Waals surface area contributed by atoms with Gasteiger partial charge in [0.15, 0.2) is 0 Å². The minimum atomic E-state index is -0.0111. The van der Waals surface area contributed by atoms with Crippen LogP contribution in [0.3, 0.4) is 0 Å². The molecule has 0 aliphatic carbocycles. The van der Waals surface area contributed by atoms with Crippen molar-refractivity contribution in [3.05, 3.63) is 66.6 Å². The largest absolute Gasteiger partial charge is 0.321 e. The molecule has 3 rings (SSSR count). The van der Waals surface area contributed by atoms with Gasteiger partial charge in [-0.1, -0.05) is 18.2 Å². The van der Waals surface area contributed by atoms with Crippen molar-refractivity contribution in [2.24, 2.45) is 5.73 Å². The van der Waals surface area contributed by atoms with Gasteiger partial charge in [0, 0.05) is 18.6 Å². The zero-order valence-electron chi connectivity index (χ0n) is 8.82. The van der Waals surface area contributed by atoms with Crippen molar-refractivity contribution in [1.29, 1.82) is 0 Å². The second kappa shape index (κ2) is 3.54. The van der Waals surface area contributed by atoms with E-state index in [4.69, 9.17) is 5.73 Å². The first-order valence-corrected chi connectivity index (χ1v) is 5.31. The number of rotatable bonds is 1. The molecule has 0 saturated heterocycles. The van der Waals surface area contributed by atoms with Gasteiger partial charge in [-0.15, -0.1) is 0 Å². The molecule has 1 unspecified atom stereocenters. The zero-order chi connectivity index (χ0) is 11.0. The lowest BCUT2D eigenvalue weighted by molar-refractivity contribution is 0.766. The molecule has 0 bridgehead atoms. The quantitative estimate of drug-likeness (QED) is 0.785. The summed E-state index contributed by atoms with van der Waals surface area (Å²) in [7, 11) is 0. The van der Waals surface area contributed by atoms with Crippen LogP contribution >= 0.6 is 0 Å². The fraction of sp³-hybridized carbons (Fsp3) is 0.0769. The van der Waals surface area contributed by atoms with Crippen LogP contribution < -0.4 is 10.7 Å². The van der Waals surface area contributed by atoms with Gasteiger partial charge in [0.1, 0.15) is 0 Å². The Morgan fingerprint density at radius 2 is 1.75 bits per heavy atom. The summed E-state index contributed by atoms with van der Waals surface area (Å²) in [5.41, 5.74) is 8.32. The number of anilines is 1. The van der Waals surface area contributed by atoms with Gasteiger partial charge in [-0.2, -0.15) is 0 Å². The van der Waals surface area contributed by atoms with Crippen molar-refractivity contribution >= 4 is 5.69 Å². The number of hydrogen-bond donors (Lipinski definition) is 1. The SMILES string of the molecule is NC1C=CN(n2cccc2)c2ccccc21. The predicted octanol–water partition coefficient (Wildman–Crippen LogP) is 2.28. The smallest absolute Gasteiger partial charge is 0.0680 e. The Kier molecular flexibility index (Phi) is 2.04. The average molecular weight is 211 g/mol. The molecule has 1 aromatic heterocycles. The first-order valence-electron chi connectivity index (χ1n) is 5.31. The van der Waals surface area contributed by atoms with E-state index in [1.54, 1.807) is 0 Å². The third-order valence-electron chi connectivity index (χ3n) is 2.81. The van der Waals surface area contributed by atoms with Crippen molar-refractivity contribution in [3.8, 4) is 0 Å². The number of hydrogen-bond acceptors (Lipinski definition) is 2. The molecule has 0 amide bonds. The van der Waals surface area contributed by atoms with Gasteiger partial charge in [-0.3, -0.25) is 9.69 Å². The Bertz CT molecular complexity index is 514. The summed E-state index contributed by atoms with van der Waals surface area (Å²) >= 11 is 0. The van der Waals surface area contributed by atoms with Crippen LogP contribution in [0.15, 0.2) is 61.1 Å². The Morgan fingerprint density at radius 3 is 2.56 bits per heavy atom. The van der Waals surface area contributed by atoms with E-state index >= 15 is 0 Å². The van der Waals surface area contributed by atoms with Gasteiger partial charge in [-0.05, 0) is 29.8 Å². The minimum Gasteiger partial charge on any atom is -0.321 e. The molecule has 2 N–H and O–H groups in total. The molecule has 3 nitrogen and oxygen atoms in total. The maximum Gasteiger partial charge on any atom is 0.0680 e. The van der Waals surface area contributed by atoms with Crippen molar-refractivity contribution in [1.82, 2.24) is 4.68 Å². The third-order valence-corrected chi connectivity index (χ3v) is 2.81. The predicted molar refractivity (Wildman–Crippen MR) is 64.8 cm³/mol. The maximum atomic E-state index is 6.04. The summed E-state index contributed by atoms with van der Waals surface area (Å²) < 4.78 is 2.03. The molecule has 1 aliphatic heterocycles. The number of fused-ring (bicyclic) bond motifs is 1. The lowest BCUT2D eigenvalue weighted by atomic mass is 10.0. The van der Waals surface area contributed by atoms with Crippen LogP contribution in [-0.2, 0) is 0 Å². The summed E-state index contributed by atoms with van der Waals surface area (Å²) in [6.45, 7) is 0. The van der Waals surface area contributed by atoms with Crippen LogP contribution in [0, 0.1) is 0 Å². The van der Waals surface area contributed by atoms with E-state index in [1.165, 1.54) is 0 Å². The molecule has 0 fully saturated rings. The highest BCUT2D eigenvalue weighted by molar-refractivity contribution is 5.60. The lowest BCUT2D eigenvalue weighted by Crippen LogP contribution is -2.28. The average Bonchev–Trinajstić information content (AvgIpc) is 2.83. The Balaban J connectivity index is 2.13. The lowest BCUT2D eigenvalue weighted by Gasteiger charge is -2.29. The molecule has 1 aliphatic rings. The molecule has 1 atom stereocenters. The van der Waals surface area contributed by atoms with Crippen LogP contribution in [0.5, 0.6) is 0 Å². The second-order valence-electron chi connectivity index (χ2n) is 3.83. The molecule has 3 heteroatoms. The summed E-state index contributed by atoms with van der Waals surface area (Å²) in [6.07, 6.45) is 8.03. The monoisotopic (exact) mass is 211 g/mol.